The van der Waals surface area contributed by atoms with Crippen molar-refractivity contribution in [1.82, 2.24) is 0 Å². The molecule has 2 aliphatic carbocycles. The Labute approximate surface area is 207 Å². The van der Waals surface area contributed by atoms with Crippen LogP contribution >= 0.6 is 0 Å². The van der Waals surface area contributed by atoms with Crippen LogP contribution in [0.2, 0.25) is 0 Å². The number of esters is 3. The SMILES string of the molecule is CC1(C)OC2CC(=O)OC[C@@]23C1CC(=O)[C@]1(C)[C@@H]3CC[C@@]2(C)[C@H](C3=CC(=O)OC3O)OC(=O)[C@H]3O[C@]321. The summed E-state index contributed by atoms with van der Waals surface area (Å²) < 4.78 is 29.1. The van der Waals surface area contributed by atoms with Crippen molar-refractivity contribution in [2.45, 2.75) is 89.2 Å². The molecule has 7 aliphatic rings. The predicted molar refractivity (Wildman–Crippen MR) is 117 cm³/mol. The third-order valence-electron chi connectivity index (χ3n) is 11.0. The first-order valence-corrected chi connectivity index (χ1v) is 12.7. The van der Waals surface area contributed by atoms with Crippen LogP contribution in [0.3, 0.4) is 0 Å². The third kappa shape index (κ3) is 2.23. The maximum atomic E-state index is 14.3. The van der Waals surface area contributed by atoms with Crippen molar-refractivity contribution < 1.29 is 48.0 Å². The molecule has 0 amide bonds. The van der Waals surface area contributed by atoms with Crippen LogP contribution in [0.25, 0.3) is 0 Å². The number of Topliss-reactive ketones (excluding diaryl/α,β-unsaturated/α-hetero) is 1. The van der Waals surface area contributed by atoms with Crippen LogP contribution in [0, 0.1) is 28.1 Å². The first-order chi connectivity index (χ1) is 16.8. The number of ether oxygens (including phenoxy) is 5. The summed E-state index contributed by atoms with van der Waals surface area (Å²) in [6.45, 7) is 7.90. The maximum absolute atomic E-state index is 14.3. The van der Waals surface area contributed by atoms with E-state index < -0.39 is 64.0 Å². The van der Waals surface area contributed by atoms with Gasteiger partial charge in [-0.2, -0.15) is 0 Å². The van der Waals surface area contributed by atoms with Crippen molar-refractivity contribution in [3.8, 4) is 0 Å². The molecule has 2 saturated carbocycles. The Morgan fingerprint density at radius 2 is 1.69 bits per heavy atom. The van der Waals surface area contributed by atoms with E-state index in [0.29, 0.717) is 12.8 Å². The largest absolute Gasteiger partial charge is 0.465 e. The molecule has 0 bridgehead atoms. The van der Waals surface area contributed by atoms with E-state index in [9.17, 15) is 24.3 Å². The number of hydrogen-bond acceptors (Lipinski definition) is 10. The minimum absolute atomic E-state index is 0.00694. The molecule has 6 fully saturated rings. The minimum atomic E-state index is -1.53. The Balaban J connectivity index is 1.39. The lowest BCUT2D eigenvalue weighted by molar-refractivity contribution is -0.223. The van der Waals surface area contributed by atoms with Gasteiger partial charge in [-0.05, 0) is 39.5 Å². The highest BCUT2D eigenvalue weighted by Gasteiger charge is 2.90. The summed E-state index contributed by atoms with van der Waals surface area (Å²) in [6.07, 6.45) is -1.25. The molecule has 10 atom stereocenters. The second-order valence-corrected chi connectivity index (χ2v) is 12.6. The fraction of sp³-hybridized carbons (Fsp3) is 0.769. The van der Waals surface area contributed by atoms with E-state index in [1.54, 1.807) is 0 Å². The Morgan fingerprint density at radius 3 is 2.39 bits per heavy atom. The Kier molecular flexibility index (Phi) is 4.06. The molecular weight excluding hydrogens is 472 g/mol. The molecule has 0 aromatic heterocycles. The number of epoxide rings is 1. The zero-order chi connectivity index (χ0) is 25.6. The zero-order valence-electron chi connectivity index (χ0n) is 20.7. The van der Waals surface area contributed by atoms with Crippen molar-refractivity contribution in [2.75, 3.05) is 6.61 Å². The zero-order valence-corrected chi connectivity index (χ0v) is 20.7. The van der Waals surface area contributed by atoms with Crippen molar-refractivity contribution >= 4 is 23.7 Å². The molecule has 10 nitrogen and oxygen atoms in total. The van der Waals surface area contributed by atoms with Gasteiger partial charge in [0.15, 0.2) is 6.10 Å². The van der Waals surface area contributed by atoms with Crippen molar-refractivity contribution in [3.63, 3.8) is 0 Å². The van der Waals surface area contributed by atoms with Gasteiger partial charge in [-0.1, -0.05) is 6.92 Å². The van der Waals surface area contributed by atoms with Crippen LogP contribution in [0.1, 0.15) is 53.4 Å². The molecule has 7 rings (SSSR count). The fourth-order valence-electron chi connectivity index (χ4n) is 9.54. The highest BCUT2D eigenvalue weighted by atomic mass is 16.7. The monoisotopic (exact) mass is 502 g/mol. The quantitative estimate of drug-likeness (QED) is 0.314. The highest BCUT2D eigenvalue weighted by molar-refractivity contribution is 5.94. The molecule has 3 unspecified atom stereocenters. The molecule has 0 aromatic rings. The van der Waals surface area contributed by atoms with Gasteiger partial charge in [0, 0.05) is 34.8 Å². The highest BCUT2D eigenvalue weighted by Crippen LogP contribution is 2.78. The number of aliphatic hydroxyl groups excluding tert-OH is 1. The molecule has 194 valence electrons. The number of ketones is 1. The number of aliphatic hydroxyl groups is 1. The Hall–Kier alpha value is -2.30. The molecular formula is C26H30O10. The van der Waals surface area contributed by atoms with E-state index in [1.165, 1.54) is 6.08 Å². The van der Waals surface area contributed by atoms with Gasteiger partial charge in [-0.3, -0.25) is 9.59 Å². The molecule has 36 heavy (non-hydrogen) atoms. The topological polar surface area (TPSA) is 138 Å². The van der Waals surface area contributed by atoms with Crippen LogP contribution < -0.4 is 0 Å². The van der Waals surface area contributed by atoms with Gasteiger partial charge >= 0.3 is 17.9 Å². The molecule has 10 heteroatoms. The van der Waals surface area contributed by atoms with Gasteiger partial charge in [0.2, 0.25) is 6.29 Å². The van der Waals surface area contributed by atoms with Crippen molar-refractivity contribution in [2.24, 2.45) is 28.1 Å². The molecule has 5 aliphatic heterocycles. The number of hydrogen-bond donors (Lipinski definition) is 1. The van der Waals surface area contributed by atoms with E-state index in [2.05, 4.69) is 0 Å². The van der Waals surface area contributed by atoms with Crippen LogP contribution in [-0.2, 0) is 42.9 Å². The summed E-state index contributed by atoms with van der Waals surface area (Å²) in [5.74, 6) is -2.06. The third-order valence-corrected chi connectivity index (χ3v) is 11.0. The second kappa shape index (κ2) is 6.39. The van der Waals surface area contributed by atoms with Gasteiger partial charge in [0.25, 0.3) is 0 Å². The first kappa shape index (κ1) is 22.9. The van der Waals surface area contributed by atoms with E-state index >= 15 is 0 Å². The predicted octanol–water partition coefficient (Wildman–Crippen LogP) is 0.973. The summed E-state index contributed by atoms with van der Waals surface area (Å²) in [6, 6.07) is 0. The second-order valence-electron chi connectivity index (χ2n) is 12.6. The molecule has 0 aromatic carbocycles. The Morgan fingerprint density at radius 1 is 0.944 bits per heavy atom. The number of rotatable bonds is 1. The van der Waals surface area contributed by atoms with Crippen molar-refractivity contribution in [3.05, 3.63) is 11.6 Å². The van der Waals surface area contributed by atoms with Crippen LogP contribution in [0.5, 0.6) is 0 Å². The van der Waals surface area contributed by atoms with E-state index in [1.807, 2.05) is 27.7 Å². The van der Waals surface area contributed by atoms with Crippen LogP contribution in [0.15, 0.2) is 11.6 Å². The average Bonchev–Trinajstić information content (AvgIpc) is 3.43. The maximum Gasteiger partial charge on any atom is 0.339 e. The van der Waals surface area contributed by atoms with Gasteiger partial charge in [0.05, 0.1) is 23.5 Å². The summed E-state index contributed by atoms with van der Waals surface area (Å²) in [4.78, 5) is 51.7. The van der Waals surface area contributed by atoms with Gasteiger partial charge in [-0.25, -0.2) is 9.59 Å². The summed E-state index contributed by atoms with van der Waals surface area (Å²) in [5, 5.41) is 10.4. The average molecular weight is 503 g/mol. The van der Waals surface area contributed by atoms with E-state index in [-0.39, 0.29) is 48.6 Å². The molecule has 5 heterocycles. The molecule has 4 saturated heterocycles. The summed E-state index contributed by atoms with van der Waals surface area (Å²) in [5.41, 5.74) is -4.23. The van der Waals surface area contributed by atoms with Crippen molar-refractivity contribution in [1.29, 1.82) is 0 Å². The lowest BCUT2D eigenvalue weighted by atomic mass is 9.37. The van der Waals surface area contributed by atoms with E-state index in [4.69, 9.17) is 23.7 Å². The molecule has 2 spiro atoms. The number of carbonyl (C=O) groups is 4. The van der Waals surface area contributed by atoms with Gasteiger partial charge in [-0.15, -0.1) is 0 Å². The number of cyclic esters (lactones) is 3. The normalized spacial score (nSPS) is 54.1. The van der Waals surface area contributed by atoms with Crippen LogP contribution in [-0.4, -0.2) is 71.2 Å². The van der Waals surface area contributed by atoms with Gasteiger partial charge in [0.1, 0.15) is 24.1 Å². The summed E-state index contributed by atoms with van der Waals surface area (Å²) in [7, 11) is 0. The fourth-order valence-corrected chi connectivity index (χ4v) is 9.54. The minimum Gasteiger partial charge on any atom is -0.465 e. The Bertz CT molecular complexity index is 1170. The standard InChI is InChI=1S/C26H30O10/c1-22(2)13-8-14(27)24(4)12(25(13)10-32-16(28)9-15(25)35-22)5-6-23(3)18(11-7-17(29)33-20(11)30)34-21(31)19-26(23,24)36-19/h7,12-13,15,18-20,30H,5-6,8-10H2,1-4H3/t12-,13?,15?,18-,19+,20?,23-,24-,25+,26+/m0/s1. The number of fused-ring (bicyclic) bond motifs is 1. The lowest BCUT2D eigenvalue weighted by Gasteiger charge is -2.65. The van der Waals surface area contributed by atoms with Gasteiger partial charge < -0.3 is 28.8 Å². The first-order valence-electron chi connectivity index (χ1n) is 12.7. The lowest BCUT2D eigenvalue weighted by Crippen LogP contribution is -2.74. The van der Waals surface area contributed by atoms with Crippen LogP contribution in [0.4, 0.5) is 0 Å². The smallest absolute Gasteiger partial charge is 0.339 e. The molecule has 0 radical (unpaired) electrons. The summed E-state index contributed by atoms with van der Waals surface area (Å²) >= 11 is 0. The molecule has 1 N–H and O–H groups in total. The number of carbonyl (C=O) groups excluding carboxylic acids is 4. The van der Waals surface area contributed by atoms with E-state index in [0.717, 1.165) is 0 Å².